The Morgan fingerprint density at radius 2 is 1.81 bits per heavy atom. The topological polar surface area (TPSA) is 135 Å². The van der Waals surface area contributed by atoms with E-state index < -0.39 is 17.8 Å². The van der Waals surface area contributed by atoms with Gasteiger partial charge in [0.15, 0.2) is 11.5 Å². The van der Waals surface area contributed by atoms with Crippen LogP contribution in [0.5, 0.6) is 17.2 Å². The zero-order valence-electron chi connectivity index (χ0n) is 19.8. The predicted molar refractivity (Wildman–Crippen MR) is 139 cm³/mol. The molecule has 0 aliphatic rings. The van der Waals surface area contributed by atoms with Crippen LogP contribution in [0.4, 0.5) is 5.69 Å². The molecular formula is C27H21BrN2O7. The van der Waals surface area contributed by atoms with E-state index in [0.29, 0.717) is 21.3 Å². The molecule has 0 fully saturated rings. The fourth-order valence-electron chi connectivity index (χ4n) is 3.20. The van der Waals surface area contributed by atoms with Gasteiger partial charge in [0, 0.05) is 0 Å². The third-order valence-electron chi connectivity index (χ3n) is 4.93. The highest BCUT2D eigenvalue weighted by atomic mass is 79.9. The van der Waals surface area contributed by atoms with Gasteiger partial charge in [-0.1, -0.05) is 12.1 Å². The number of anilines is 1. The fraction of sp³-hybridized carbons (Fsp3) is 0.111. The highest BCUT2D eigenvalue weighted by Gasteiger charge is 2.19. The van der Waals surface area contributed by atoms with Crippen LogP contribution in [-0.2, 0) is 4.79 Å². The molecule has 0 radical (unpaired) electrons. The average Bonchev–Trinajstić information content (AvgIpc) is 2.89. The summed E-state index contributed by atoms with van der Waals surface area (Å²) in [6.45, 7) is 2.00. The van der Waals surface area contributed by atoms with Crippen molar-refractivity contribution in [3.63, 3.8) is 0 Å². The number of aromatic carboxylic acids is 1. The van der Waals surface area contributed by atoms with Crippen LogP contribution >= 0.6 is 15.9 Å². The zero-order valence-corrected chi connectivity index (χ0v) is 21.4. The summed E-state index contributed by atoms with van der Waals surface area (Å²) in [7, 11) is 1.52. The number of amides is 1. The van der Waals surface area contributed by atoms with Gasteiger partial charge < -0.3 is 24.6 Å². The van der Waals surface area contributed by atoms with Gasteiger partial charge in [0.2, 0.25) is 0 Å². The van der Waals surface area contributed by atoms with Crippen molar-refractivity contribution in [2.24, 2.45) is 0 Å². The predicted octanol–water partition coefficient (Wildman–Crippen LogP) is 5.32. The number of ether oxygens (including phenoxy) is 3. The van der Waals surface area contributed by atoms with Gasteiger partial charge in [0.1, 0.15) is 17.4 Å². The summed E-state index contributed by atoms with van der Waals surface area (Å²) in [6, 6.07) is 17.1. The molecular weight excluding hydrogens is 544 g/mol. The molecule has 1 amide bonds. The molecule has 0 aromatic heterocycles. The second kappa shape index (κ2) is 12.4. The van der Waals surface area contributed by atoms with Crippen LogP contribution in [0, 0.1) is 11.3 Å². The minimum atomic E-state index is -1.22. The lowest BCUT2D eigenvalue weighted by Gasteiger charge is -2.14. The highest BCUT2D eigenvalue weighted by Crippen LogP contribution is 2.38. The number of methoxy groups -OCH3 is 1. The standard InChI is InChI=1S/C27H21BrN2O7/c1-3-36-23-14-16(12-18(15-29)25(31)30-22-7-5-4-6-20(22)26(32)33)13-21(28)24(23)37-27(34)17-8-10-19(35-2)11-9-17/h4-14H,3H2,1-2H3,(H,30,31)(H,32,33)/b18-12+. The van der Waals surface area contributed by atoms with Gasteiger partial charge in [0.25, 0.3) is 5.91 Å². The fourth-order valence-corrected chi connectivity index (χ4v) is 3.74. The summed E-state index contributed by atoms with van der Waals surface area (Å²) in [5.74, 6) is -1.71. The van der Waals surface area contributed by atoms with Crippen LogP contribution < -0.4 is 19.5 Å². The first kappa shape index (κ1) is 27.0. The SMILES string of the molecule is CCOc1cc(/C=C(\C#N)C(=O)Nc2ccccc2C(=O)O)cc(Br)c1OC(=O)c1ccc(OC)cc1. The summed E-state index contributed by atoms with van der Waals surface area (Å²) in [5.41, 5.74) is 0.357. The second-order valence-electron chi connectivity index (χ2n) is 7.36. The van der Waals surface area contributed by atoms with E-state index in [1.807, 2.05) is 6.07 Å². The number of carbonyl (C=O) groups is 3. The van der Waals surface area contributed by atoms with Gasteiger partial charge >= 0.3 is 11.9 Å². The normalized spacial score (nSPS) is 10.7. The molecule has 0 aliphatic heterocycles. The van der Waals surface area contributed by atoms with Crippen LogP contribution in [0.1, 0.15) is 33.2 Å². The van der Waals surface area contributed by atoms with E-state index in [-0.39, 0.29) is 34.9 Å². The third-order valence-corrected chi connectivity index (χ3v) is 5.52. The van der Waals surface area contributed by atoms with E-state index in [0.717, 1.165) is 0 Å². The monoisotopic (exact) mass is 564 g/mol. The Kier molecular flexibility index (Phi) is 9.02. The minimum absolute atomic E-state index is 0.0538. The van der Waals surface area contributed by atoms with Gasteiger partial charge in [-0.25, -0.2) is 9.59 Å². The molecule has 10 heteroatoms. The molecule has 3 aromatic rings. The number of hydrogen-bond acceptors (Lipinski definition) is 7. The Hall–Kier alpha value is -4.62. The quantitative estimate of drug-likeness (QED) is 0.154. The van der Waals surface area contributed by atoms with Crippen molar-refractivity contribution in [3.05, 3.63) is 87.4 Å². The number of esters is 1. The number of para-hydroxylation sites is 1. The van der Waals surface area contributed by atoms with E-state index in [1.165, 1.54) is 37.5 Å². The van der Waals surface area contributed by atoms with Crippen molar-refractivity contribution in [3.8, 4) is 23.3 Å². The van der Waals surface area contributed by atoms with Gasteiger partial charge in [-0.2, -0.15) is 5.26 Å². The lowest BCUT2D eigenvalue weighted by Crippen LogP contribution is -2.16. The van der Waals surface area contributed by atoms with Crippen molar-refractivity contribution in [1.82, 2.24) is 0 Å². The van der Waals surface area contributed by atoms with E-state index in [2.05, 4.69) is 21.2 Å². The molecule has 0 saturated carbocycles. The number of hydrogen-bond donors (Lipinski definition) is 2. The number of carbonyl (C=O) groups excluding carboxylic acids is 2. The lowest BCUT2D eigenvalue weighted by molar-refractivity contribution is -0.112. The summed E-state index contributed by atoms with van der Waals surface area (Å²) < 4.78 is 16.6. The van der Waals surface area contributed by atoms with E-state index >= 15 is 0 Å². The number of benzene rings is 3. The van der Waals surface area contributed by atoms with Crippen LogP contribution in [-0.4, -0.2) is 36.7 Å². The molecule has 0 atom stereocenters. The van der Waals surface area contributed by atoms with Gasteiger partial charge in [-0.3, -0.25) is 4.79 Å². The zero-order chi connectivity index (χ0) is 26.9. The molecule has 0 aliphatic carbocycles. The maximum Gasteiger partial charge on any atom is 0.343 e. The van der Waals surface area contributed by atoms with E-state index in [9.17, 15) is 24.8 Å². The van der Waals surface area contributed by atoms with Crippen molar-refractivity contribution in [2.45, 2.75) is 6.92 Å². The molecule has 9 nitrogen and oxygen atoms in total. The van der Waals surface area contributed by atoms with Crippen LogP contribution in [0.2, 0.25) is 0 Å². The minimum Gasteiger partial charge on any atom is -0.497 e. The Bertz CT molecular complexity index is 1410. The van der Waals surface area contributed by atoms with E-state index in [1.54, 1.807) is 43.3 Å². The summed E-state index contributed by atoms with van der Waals surface area (Å²) >= 11 is 3.36. The highest BCUT2D eigenvalue weighted by molar-refractivity contribution is 9.10. The maximum atomic E-state index is 12.7. The smallest absolute Gasteiger partial charge is 0.343 e. The Morgan fingerprint density at radius 3 is 2.43 bits per heavy atom. The average molecular weight is 565 g/mol. The molecule has 0 unspecified atom stereocenters. The first-order valence-corrected chi connectivity index (χ1v) is 11.6. The number of halogens is 1. The molecule has 0 saturated heterocycles. The summed E-state index contributed by atoms with van der Waals surface area (Å²) in [6.07, 6.45) is 1.31. The second-order valence-corrected chi connectivity index (χ2v) is 8.21. The number of nitrogens with zero attached hydrogens (tertiary/aromatic N) is 1. The summed E-state index contributed by atoms with van der Waals surface area (Å²) in [5, 5.41) is 21.3. The molecule has 37 heavy (non-hydrogen) atoms. The molecule has 2 N–H and O–H groups in total. The van der Waals surface area contributed by atoms with Crippen LogP contribution in [0.15, 0.2) is 70.7 Å². The molecule has 0 spiro atoms. The molecule has 3 aromatic carbocycles. The van der Waals surface area contributed by atoms with Gasteiger partial charge in [-0.15, -0.1) is 0 Å². The maximum absolute atomic E-state index is 12.7. The van der Waals surface area contributed by atoms with Gasteiger partial charge in [-0.05, 0) is 83.0 Å². The van der Waals surface area contributed by atoms with Crippen molar-refractivity contribution in [2.75, 3.05) is 19.0 Å². The first-order chi connectivity index (χ1) is 17.8. The Balaban J connectivity index is 1.90. The van der Waals surface area contributed by atoms with Gasteiger partial charge in [0.05, 0.1) is 35.0 Å². The first-order valence-electron chi connectivity index (χ1n) is 10.8. The number of carboxylic acid groups (broad SMARTS) is 1. The number of carboxylic acids is 1. The largest absolute Gasteiger partial charge is 0.497 e. The third kappa shape index (κ3) is 6.74. The molecule has 3 rings (SSSR count). The molecule has 188 valence electrons. The van der Waals surface area contributed by atoms with Crippen LogP contribution in [0.3, 0.4) is 0 Å². The number of nitriles is 1. The van der Waals surface area contributed by atoms with Crippen LogP contribution in [0.25, 0.3) is 6.08 Å². The Morgan fingerprint density at radius 1 is 1.11 bits per heavy atom. The summed E-state index contributed by atoms with van der Waals surface area (Å²) in [4.78, 5) is 36.8. The number of nitrogens with one attached hydrogen (secondary N) is 1. The van der Waals surface area contributed by atoms with E-state index in [4.69, 9.17) is 14.2 Å². The van der Waals surface area contributed by atoms with Crippen molar-refractivity contribution < 1.29 is 33.7 Å². The molecule has 0 heterocycles. The van der Waals surface area contributed by atoms with Crippen molar-refractivity contribution >= 4 is 45.5 Å². The van der Waals surface area contributed by atoms with Crippen molar-refractivity contribution in [1.29, 1.82) is 5.26 Å². The molecule has 0 bridgehead atoms. The lowest BCUT2D eigenvalue weighted by atomic mass is 10.1. The Labute approximate surface area is 221 Å². The number of rotatable bonds is 9.